The first-order valence-electron chi connectivity index (χ1n) is 6.07. The predicted octanol–water partition coefficient (Wildman–Crippen LogP) is -0.965. The molecular formula is C11H13N5O4. The third-order valence-electron chi connectivity index (χ3n) is 3.18. The molecule has 1 amide bonds. The summed E-state index contributed by atoms with van der Waals surface area (Å²) in [5, 5.41) is 26.1. The molecule has 9 nitrogen and oxygen atoms in total. The van der Waals surface area contributed by atoms with Crippen LogP contribution < -0.4 is 5.32 Å². The highest BCUT2D eigenvalue weighted by Crippen LogP contribution is 2.30. The minimum Gasteiger partial charge on any atom is -0.394 e. The summed E-state index contributed by atoms with van der Waals surface area (Å²) in [5.74, 6) is 0.159. The van der Waals surface area contributed by atoms with Crippen molar-refractivity contribution in [3.05, 3.63) is 12.4 Å². The molecule has 0 spiro atoms. The molecule has 1 fully saturated rings. The van der Waals surface area contributed by atoms with Crippen molar-refractivity contribution in [1.29, 1.82) is 0 Å². The Labute approximate surface area is 113 Å². The molecule has 106 valence electrons. The Morgan fingerprint density at radius 2 is 2.40 bits per heavy atom. The number of anilines is 1. The molecule has 0 aromatic carbocycles. The van der Waals surface area contributed by atoms with Gasteiger partial charge in [0.2, 0.25) is 12.4 Å². The van der Waals surface area contributed by atoms with Crippen LogP contribution in [0, 0.1) is 0 Å². The maximum absolute atomic E-state index is 10.4. The summed E-state index contributed by atoms with van der Waals surface area (Å²) in [6, 6.07) is 0. The van der Waals surface area contributed by atoms with Crippen LogP contribution in [0.2, 0.25) is 0 Å². The first-order valence-corrected chi connectivity index (χ1v) is 6.07. The number of carbonyl (C=O) groups excluding carboxylic acids is 1. The highest BCUT2D eigenvalue weighted by atomic mass is 16.5. The highest BCUT2D eigenvalue weighted by molar-refractivity contribution is 5.76. The van der Waals surface area contributed by atoms with Crippen LogP contribution in [0.25, 0.3) is 11.0 Å². The van der Waals surface area contributed by atoms with Crippen LogP contribution in [-0.2, 0) is 9.53 Å². The molecule has 0 radical (unpaired) electrons. The van der Waals surface area contributed by atoms with Gasteiger partial charge >= 0.3 is 0 Å². The van der Waals surface area contributed by atoms with Crippen molar-refractivity contribution in [2.45, 2.75) is 24.9 Å². The van der Waals surface area contributed by atoms with E-state index in [2.05, 4.69) is 20.4 Å². The lowest BCUT2D eigenvalue weighted by Crippen LogP contribution is -2.24. The van der Waals surface area contributed by atoms with Crippen LogP contribution in [-0.4, -0.2) is 55.2 Å². The number of fused-ring (bicyclic) bond motifs is 1. The van der Waals surface area contributed by atoms with Gasteiger partial charge in [0, 0.05) is 12.6 Å². The molecule has 3 rings (SSSR count). The van der Waals surface area contributed by atoms with E-state index in [4.69, 9.17) is 9.84 Å². The van der Waals surface area contributed by atoms with Gasteiger partial charge < -0.3 is 14.9 Å². The largest absolute Gasteiger partial charge is 0.394 e. The van der Waals surface area contributed by atoms with Gasteiger partial charge in [-0.05, 0) is 0 Å². The van der Waals surface area contributed by atoms with E-state index >= 15 is 0 Å². The van der Waals surface area contributed by atoms with E-state index in [-0.39, 0.29) is 12.6 Å². The average molecular weight is 279 g/mol. The van der Waals surface area contributed by atoms with E-state index in [0.29, 0.717) is 23.9 Å². The number of aliphatic hydroxyl groups is 2. The number of nitrogens with one attached hydrogen (secondary N) is 1. The van der Waals surface area contributed by atoms with Gasteiger partial charge in [-0.2, -0.15) is 10.1 Å². The molecule has 3 N–H and O–H groups in total. The summed E-state index contributed by atoms with van der Waals surface area (Å²) in [6.07, 6.45) is 2.00. The molecule has 2 aromatic rings. The molecule has 1 aliphatic heterocycles. The number of ether oxygens (including phenoxy) is 1. The summed E-state index contributed by atoms with van der Waals surface area (Å²) in [7, 11) is 0. The van der Waals surface area contributed by atoms with Gasteiger partial charge in [0.25, 0.3) is 0 Å². The SMILES string of the molecule is O=CNc1ncc2cnn([C@H]3C[C@H](O)[C@@H](CO)O3)c2n1. The molecule has 1 aliphatic rings. The Morgan fingerprint density at radius 3 is 3.10 bits per heavy atom. The Hall–Kier alpha value is -2.10. The molecule has 2 aromatic heterocycles. The van der Waals surface area contributed by atoms with Crippen molar-refractivity contribution >= 4 is 23.4 Å². The predicted molar refractivity (Wildman–Crippen MR) is 66.6 cm³/mol. The third-order valence-corrected chi connectivity index (χ3v) is 3.18. The van der Waals surface area contributed by atoms with Crippen molar-refractivity contribution in [3.8, 4) is 0 Å². The third kappa shape index (κ3) is 2.11. The van der Waals surface area contributed by atoms with Gasteiger partial charge in [-0.25, -0.2) is 9.67 Å². The zero-order chi connectivity index (χ0) is 14.1. The van der Waals surface area contributed by atoms with Crippen LogP contribution in [0.15, 0.2) is 12.4 Å². The molecule has 20 heavy (non-hydrogen) atoms. The molecule has 3 heterocycles. The molecule has 0 saturated carbocycles. The van der Waals surface area contributed by atoms with Gasteiger partial charge in [-0.3, -0.25) is 10.1 Å². The lowest BCUT2D eigenvalue weighted by Gasteiger charge is -2.12. The summed E-state index contributed by atoms with van der Waals surface area (Å²) in [4.78, 5) is 18.5. The standard InChI is InChI=1S/C11H13N5O4/c17-4-8-7(19)1-9(20-8)16-10-6(3-14-16)2-12-11(15-10)13-5-18/h2-3,5,7-9,17,19H,1,4H2,(H,12,13,15,18)/t7-,8+,9+/m0/s1. The number of rotatable bonds is 4. The lowest BCUT2D eigenvalue weighted by atomic mass is 10.2. The molecule has 3 atom stereocenters. The van der Waals surface area contributed by atoms with E-state index < -0.39 is 18.4 Å². The number of aliphatic hydroxyl groups excluding tert-OH is 2. The van der Waals surface area contributed by atoms with Crippen LogP contribution in [0.5, 0.6) is 0 Å². The number of hydrogen-bond donors (Lipinski definition) is 3. The second-order valence-electron chi connectivity index (χ2n) is 4.44. The maximum atomic E-state index is 10.4. The van der Waals surface area contributed by atoms with Crippen LogP contribution >= 0.6 is 0 Å². The number of nitrogens with zero attached hydrogens (tertiary/aromatic N) is 4. The fraction of sp³-hybridized carbons (Fsp3) is 0.455. The Morgan fingerprint density at radius 1 is 1.55 bits per heavy atom. The smallest absolute Gasteiger partial charge is 0.231 e. The van der Waals surface area contributed by atoms with E-state index in [0.717, 1.165) is 0 Å². The van der Waals surface area contributed by atoms with E-state index in [1.807, 2.05) is 0 Å². The van der Waals surface area contributed by atoms with Crippen molar-refractivity contribution in [3.63, 3.8) is 0 Å². The summed E-state index contributed by atoms with van der Waals surface area (Å²) in [6.45, 7) is -0.260. The monoisotopic (exact) mass is 279 g/mol. The van der Waals surface area contributed by atoms with E-state index in [1.54, 1.807) is 6.20 Å². The molecule has 9 heteroatoms. The molecular weight excluding hydrogens is 266 g/mol. The van der Waals surface area contributed by atoms with Crippen LogP contribution in [0.3, 0.4) is 0 Å². The maximum Gasteiger partial charge on any atom is 0.231 e. The normalized spacial score (nSPS) is 26.0. The molecule has 1 saturated heterocycles. The Kier molecular flexibility index (Phi) is 3.30. The van der Waals surface area contributed by atoms with Crippen molar-refractivity contribution in [1.82, 2.24) is 19.7 Å². The first-order chi connectivity index (χ1) is 9.72. The van der Waals surface area contributed by atoms with Crippen molar-refractivity contribution in [2.75, 3.05) is 11.9 Å². The van der Waals surface area contributed by atoms with Gasteiger partial charge in [0.15, 0.2) is 11.9 Å². The zero-order valence-electron chi connectivity index (χ0n) is 10.4. The van der Waals surface area contributed by atoms with Crippen LogP contribution in [0.1, 0.15) is 12.6 Å². The van der Waals surface area contributed by atoms with Crippen molar-refractivity contribution in [2.24, 2.45) is 0 Å². The van der Waals surface area contributed by atoms with Gasteiger partial charge in [0.1, 0.15) is 6.10 Å². The number of hydrogen-bond acceptors (Lipinski definition) is 7. The topological polar surface area (TPSA) is 122 Å². The fourth-order valence-corrected chi connectivity index (χ4v) is 2.20. The zero-order valence-corrected chi connectivity index (χ0v) is 10.4. The summed E-state index contributed by atoms with van der Waals surface area (Å²) < 4.78 is 7.03. The van der Waals surface area contributed by atoms with Gasteiger partial charge in [-0.15, -0.1) is 0 Å². The molecule has 0 aliphatic carbocycles. The first kappa shape index (κ1) is 12.9. The van der Waals surface area contributed by atoms with E-state index in [9.17, 15) is 9.90 Å². The Balaban J connectivity index is 1.95. The highest BCUT2D eigenvalue weighted by Gasteiger charge is 2.35. The second-order valence-corrected chi connectivity index (χ2v) is 4.44. The lowest BCUT2D eigenvalue weighted by molar-refractivity contribution is -0.105. The minimum atomic E-state index is -0.751. The minimum absolute atomic E-state index is 0.159. The number of aromatic nitrogens is 4. The van der Waals surface area contributed by atoms with Crippen molar-refractivity contribution < 1.29 is 19.7 Å². The van der Waals surface area contributed by atoms with Gasteiger partial charge in [-0.1, -0.05) is 0 Å². The summed E-state index contributed by atoms with van der Waals surface area (Å²) >= 11 is 0. The quantitative estimate of drug-likeness (QED) is 0.616. The van der Waals surface area contributed by atoms with Crippen LogP contribution in [0.4, 0.5) is 5.95 Å². The second kappa shape index (κ2) is 5.12. The molecule has 0 bridgehead atoms. The number of amides is 1. The van der Waals surface area contributed by atoms with Gasteiger partial charge in [0.05, 0.1) is 24.3 Å². The summed E-state index contributed by atoms with van der Waals surface area (Å²) in [5.41, 5.74) is 0.486. The Bertz CT molecular complexity index is 630. The molecule has 0 unspecified atom stereocenters. The fourth-order valence-electron chi connectivity index (χ4n) is 2.20. The number of carbonyl (C=O) groups is 1. The average Bonchev–Trinajstić information content (AvgIpc) is 3.02. The van der Waals surface area contributed by atoms with E-state index in [1.165, 1.54) is 10.9 Å².